The molecule has 0 N–H and O–H groups in total. The number of nitrogens with zero attached hydrogens (tertiary/aromatic N) is 1. The fraction of sp³-hybridized carbons (Fsp3) is 0.462. The number of halogens is 1. The standard InChI is InChI=1S/C13H14FNO4/c1-2-3-4-8-5-11(17)19-9-6-10(16)15(7-14)13(18)12(8)9/h5H,2-4,6-7H2,1H3. The minimum Gasteiger partial charge on any atom is -0.426 e. The summed E-state index contributed by atoms with van der Waals surface area (Å²) < 4.78 is 17.6. The normalized spacial score (nSPS) is 14.7. The van der Waals surface area contributed by atoms with Crippen molar-refractivity contribution in [3.8, 4) is 0 Å². The van der Waals surface area contributed by atoms with Crippen LogP contribution >= 0.6 is 0 Å². The molecule has 0 aromatic carbocycles. The number of carbonyl (C=O) groups is 2. The van der Waals surface area contributed by atoms with E-state index < -0.39 is 24.2 Å². The molecule has 2 rings (SSSR count). The van der Waals surface area contributed by atoms with Crippen molar-refractivity contribution < 1.29 is 18.4 Å². The molecule has 1 aromatic heterocycles. The van der Waals surface area contributed by atoms with Crippen molar-refractivity contribution in [2.24, 2.45) is 0 Å². The summed E-state index contributed by atoms with van der Waals surface area (Å²) in [6.45, 7) is 0.820. The van der Waals surface area contributed by atoms with Gasteiger partial charge >= 0.3 is 5.63 Å². The van der Waals surface area contributed by atoms with E-state index in [1.54, 1.807) is 0 Å². The van der Waals surface area contributed by atoms with Crippen molar-refractivity contribution in [1.29, 1.82) is 0 Å². The summed E-state index contributed by atoms with van der Waals surface area (Å²) >= 11 is 0. The molecule has 1 aromatic rings. The van der Waals surface area contributed by atoms with E-state index in [0.29, 0.717) is 16.9 Å². The Morgan fingerprint density at radius 3 is 2.74 bits per heavy atom. The molecule has 0 bridgehead atoms. The van der Waals surface area contributed by atoms with Gasteiger partial charge in [-0.05, 0) is 18.4 Å². The molecule has 0 saturated heterocycles. The number of aryl methyl sites for hydroxylation is 1. The maximum Gasteiger partial charge on any atom is 0.336 e. The van der Waals surface area contributed by atoms with Crippen LogP contribution in [-0.2, 0) is 17.6 Å². The van der Waals surface area contributed by atoms with Crippen molar-refractivity contribution in [3.05, 3.63) is 33.4 Å². The lowest BCUT2D eigenvalue weighted by atomic mass is 9.97. The number of hydrogen-bond acceptors (Lipinski definition) is 4. The zero-order valence-corrected chi connectivity index (χ0v) is 10.6. The van der Waals surface area contributed by atoms with Gasteiger partial charge in [0.25, 0.3) is 5.91 Å². The molecular formula is C13H14FNO4. The van der Waals surface area contributed by atoms with Crippen molar-refractivity contribution in [1.82, 2.24) is 4.90 Å². The number of unbranched alkanes of at least 4 members (excludes halogenated alkanes) is 1. The molecule has 19 heavy (non-hydrogen) atoms. The van der Waals surface area contributed by atoms with Crippen molar-refractivity contribution in [3.63, 3.8) is 0 Å². The highest BCUT2D eigenvalue weighted by atomic mass is 19.1. The molecule has 0 fully saturated rings. The number of fused-ring (bicyclic) bond motifs is 1. The molecule has 6 heteroatoms. The smallest absolute Gasteiger partial charge is 0.336 e. The van der Waals surface area contributed by atoms with Crippen LogP contribution in [-0.4, -0.2) is 23.5 Å². The molecule has 0 spiro atoms. The molecule has 0 radical (unpaired) electrons. The predicted molar refractivity (Wildman–Crippen MR) is 64.4 cm³/mol. The SMILES string of the molecule is CCCCc1cc(=O)oc2c1C(=O)N(CF)C(=O)C2. The van der Waals surface area contributed by atoms with Crippen LogP contribution in [0.2, 0.25) is 0 Å². The predicted octanol–water partition coefficient (Wildman–Crippen LogP) is 1.43. The molecule has 5 nitrogen and oxygen atoms in total. The first-order chi connectivity index (χ1) is 9.08. The van der Waals surface area contributed by atoms with E-state index in [9.17, 15) is 18.8 Å². The summed E-state index contributed by atoms with van der Waals surface area (Å²) in [6.07, 6.45) is 1.98. The Kier molecular flexibility index (Phi) is 3.78. The van der Waals surface area contributed by atoms with Gasteiger partial charge in [-0.2, -0.15) is 0 Å². The number of amides is 2. The molecule has 1 aliphatic rings. The summed E-state index contributed by atoms with van der Waals surface area (Å²) in [5, 5.41) is 0. The Morgan fingerprint density at radius 2 is 2.11 bits per heavy atom. The van der Waals surface area contributed by atoms with Crippen LogP contribution in [0.1, 0.15) is 41.4 Å². The van der Waals surface area contributed by atoms with Gasteiger partial charge in [-0.1, -0.05) is 13.3 Å². The van der Waals surface area contributed by atoms with Gasteiger partial charge in [-0.25, -0.2) is 14.1 Å². The molecular weight excluding hydrogens is 253 g/mol. The van der Waals surface area contributed by atoms with Gasteiger partial charge in [0.1, 0.15) is 5.76 Å². The molecule has 0 atom stereocenters. The van der Waals surface area contributed by atoms with Crippen LogP contribution in [0.3, 0.4) is 0 Å². The van der Waals surface area contributed by atoms with Gasteiger partial charge in [0.05, 0.1) is 12.0 Å². The lowest BCUT2D eigenvalue weighted by Gasteiger charge is -2.24. The first-order valence-electron chi connectivity index (χ1n) is 6.15. The van der Waals surface area contributed by atoms with E-state index in [4.69, 9.17) is 4.42 Å². The lowest BCUT2D eigenvalue weighted by molar-refractivity contribution is -0.130. The summed E-state index contributed by atoms with van der Waals surface area (Å²) in [5.41, 5.74) is 0.119. The van der Waals surface area contributed by atoms with Gasteiger partial charge in [0.2, 0.25) is 5.91 Å². The Balaban J connectivity index is 2.52. The fourth-order valence-electron chi connectivity index (χ4n) is 2.14. The zero-order valence-electron chi connectivity index (χ0n) is 10.6. The second-order valence-electron chi connectivity index (χ2n) is 4.42. The van der Waals surface area contributed by atoms with E-state index in [0.717, 1.165) is 12.8 Å². The quantitative estimate of drug-likeness (QED) is 0.611. The van der Waals surface area contributed by atoms with Gasteiger partial charge in [0.15, 0.2) is 6.80 Å². The van der Waals surface area contributed by atoms with Gasteiger partial charge in [-0.3, -0.25) is 9.59 Å². The topological polar surface area (TPSA) is 67.6 Å². The van der Waals surface area contributed by atoms with Crippen molar-refractivity contribution in [2.75, 3.05) is 6.80 Å². The third-order valence-electron chi connectivity index (χ3n) is 3.11. The minimum atomic E-state index is -1.16. The van der Waals surface area contributed by atoms with Crippen molar-refractivity contribution >= 4 is 11.8 Å². The first kappa shape index (κ1) is 13.5. The summed E-state index contributed by atoms with van der Waals surface area (Å²) in [5.74, 6) is -1.35. The van der Waals surface area contributed by atoms with E-state index in [-0.39, 0.29) is 17.7 Å². The number of rotatable bonds is 4. The molecule has 2 amide bonds. The summed E-state index contributed by atoms with van der Waals surface area (Å²) in [6, 6.07) is 1.25. The second-order valence-corrected chi connectivity index (χ2v) is 4.42. The van der Waals surface area contributed by atoms with E-state index in [1.807, 2.05) is 6.92 Å². The van der Waals surface area contributed by atoms with Gasteiger partial charge < -0.3 is 4.42 Å². The van der Waals surface area contributed by atoms with Crippen LogP contribution in [0.4, 0.5) is 4.39 Å². The molecule has 0 saturated carbocycles. The Bertz CT molecular complexity index is 578. The number of hydrogen-bond donors (Lipinski definition) is 0. The largest absolute Gasteiger partial charge is 0.426 e. The molecule has 0 unspecified atom stereocenters. The third kappa shape index (κ3) is 2.43. The molecule has 102 valence electrons. The second kappa shape index (κ2) is 5.34. The average Bonchev–Trinajstić information content (AvgIpc) is 2.35. The summed E-state index contributed by atoms with van der Waals surface area (Å²) in [7, 11) is 0. The maximum atomic E-state index is 12.7. The number of imide groups is 1. The van der Waals surface area contributed by atoms with Crippen LogP contribution < -0.4 is 5.63 Å². The molecule has 2 heterocycles. The Hall–Kier alpha value is -1.98. The number of carbonyl (C=O) groups excluding carboxylic acids is 2. The Labute approximate surface area is 109 Å². The average molecular weight is 267 g/mol. The van der Waals surface area contributed by atoms with E-state index in [1.165, 1.54) is 6.07 Å². The van der Waals surface area contributed by atoms with E-state index in [2.05, 4.69) is 0 Å². The highest BCUT2D eigenvalue weighted by Gasteiger charge is 2.34. The monoisotopic (exact) mass is 267 g/mol. The number of alkyl halides is 1. The van der Waals surface area contributed by atoms with Crippen LogP contribution in [0.15, 0.2) is 15.3 Å². The van der Waals surface area contributed by atoms with Crippen LogP contribution in [0, 0.1) is 0 Å². The highest BCUT2D eigenvalue weighted by molar-refractivity contribution is 6.09. The summed E-state index contributed by atoms with van der Waals surface area (Å²) in [4.78, 5) is 35.5. The maximum absolute atomic E-state index is 12.7. The van der Waals surface area contributed by atoms with Crippen LogP contribution in [0.5, 0.6) is 0 Å². The van der Waals surface area contributed by atoms with Gasteiger partial charge in [-0.15, -0.1) is 0 Å². The zero-order chi connectivity index (χ0) is 14.0. The van der Waals surface area contributed by atoms with Crippen molar-refractivity contribution in [2.45, 2.75) is 32.6 Å². The van der Waals surface area contributed by atoms with E-state index >= 15 is 0 Å². The van der Waals surface area contributed by atoms with Crippen LogP contribution in [0.25, 0.3) is 0 Å². The lowest BCUT2D eigenvalue weighted by Crippen LogP contribution is -2.42. The molecule has 0 aliphatic carbocycles. The fourth-order valence-corrected chi connectivity index (χ4v) is 2.14. The van der Waals surface area contributed by atoms with Gasteiger partial charge in [0, 0.05) is 6.07 Å². The first-order valence-corrected chi connectivity index (χ1v) is 6.15. The Morgan fingerprint density at radius 1 is 1.37 bits per heavy atom. The minimum absolute atomic E-state index is 0.0540. The highest BCUT2D eigenvalue weighted by Crippen LogP contribution is 2.23. The third-order valence-corrected chi connectivity index (χ3v) is 3.11. The molecule has 1 aliphatic heterocycles.